The van der Waals surface area contributed by atoms with E-state index >= 15 is 0 Å². The van der Waals surface area contributed by atoms with E-state index in [0.717, 1.165) is 12.8 Å². The molecule has 0 amide bonds. The van der Waals surface area contributed by atoms with Crippen LogP contribution in [0.5, 0.6) is 0 Å². The molecule has 130 valence electrons. The molecule has 3 nitrogen and oxygen atoms in total. The minimum atomic E-state index is -0.0984. The van der Waals surface area contributed by atoms with Crippen molar-refractivity contribution in [3.63, 3.8) is 0 Å². The van der Waals surface area contributed by atoms with Crippen LogP contribution in [0.4, 0.5) is 0 Å². The third-order valence-electron chi connectivity index (χ3n) is 4.22. The summed E-state index contributed by atoms with van der Waals surface area (Å²) >= 11 is 0. The van der Waals surface area contributed by atoms with Gasteiger partial charge in [-0.15, -0.1) is 0 Å². The maximum absolute atomic E-state index is 8.96. The summed E-state index contributed by atoms with van der Waals surface area (Å²) in [4.78, 5) is 0. The van der Waals surface area contributed by atoms with Gasteiger partial charge in [0.15, 0.2) is 6.29 Å². The van der Waals surface area contributed by atoms with Crippen molar-refractivity contribution in [1.82, 2.24) is 0 Å². The van der Waals surface area contributed by atoms with Crippen LogP contribution in [0.25, 0.3) is 0 Å². The quantitative estimate of drug-likeness (QED) is 0.363. The molecular weight excluding hydrogens is 276 g/mol. The highest BCUT2D eigenvalue weighted by Gasteiger charge is 2.24. The largest absolute Gasteiger partial charge is 0.394 e. The predicted octanol–water partition coefficient (Wildman–Crippen LogP) is 4.98. The molecule has 1 saturated heterocycles. The molecule has 3 heteroatoms. The fraction of sp³-hybridized carbons (Fsp3) is 0.895. The molecule has 0 aliphatic carbocycles. The second-order valence-electron chi connectivity index (χ2n) is 6.37. The van der Waals surface area contributed by atoms with Gasteiger partial charge < -0.3 is 14.6 Å². The van der Waals surface area contributed by atoms with Gasteiger partial charge in [-0.1, -0.05) is 57.6 Å². The van der Waals surface area contributed by atoms with Gasteiger partial charge in [-0.05, 0) is 38.5 Å². The molecule has 0 aromatic heterocycles. The number of hydrogen-bond acceptors (Lipinski definition) is 3. The Balaban J connectivity index is 1.77. The molecule has 0 spiro atoms. The van der Waals surface area contributed by atoms with Crippen molar-refractivity contribution in [2.75, 3.05) is 13.2 Å². The summed E-state index contributed by atoms with van der Waals surface area (Å²) in [7, 11) is 0. The maximum Gasteiger partial charge on any atom is 0.158 e. The summed E-state index contributed by atoms with van der Waals surface area (Å²) in [5, 5.41) is 8.96. The molecule has 1 N–H and O–H groups in total. The van der Waals surface area contributed by atoms with Crippen LogP contribution < -0.4 is 0 Å². The molecule has 22 heavy (non-hydrogen) atoms. The van der Waals surface area contributed by atoms with Crippen molar-refractivity contribution in [1.29, 1.82) is 0 Å². The van der Waals surface area contributed by atoms with Gasteiger partial charge in [-0.3, -0.25) is 0 Å². The van der Waals surface area contributed by atoms with Crippen LogP contribution in [0, 0.1) is 0 Å². The van der Waals surface area contributed by atoms with Crippen molar-refractivity contribution in [2.45, 2.75) is 96.4 Å². The smallest absolute Gasteiger partial charge is 0.158 e. The first-order valence-electron chi connectivity index (χ1n) is 9.39. The number of rotatable bonds is 14. The van der Waals surface area contributed by atoms with Gasteiger partial charge in [-0.2, -0.15) is 0 Å². The summed E-state index contributed by atoms with van der Waals surface area (Å²) < 4.78 is 11.0. The zero-order chi connectivity index (χ0) is 15.9. The first-order valence-corrected chi connectivity index (χ1v) is 9.39. The number of hydrogen-bond donors (Lipinski definition) is 1. The Kier molecular flexibility index (Phi) is 12.7. The summed E-state index contributed by atoms with van der Waals surface area (Å²) in [6.07, 6.45) is 19.8. The predicted molar refractivity (Wildman–Crippen MR) is 91.9 cm³/mol. The van der Waals surface area contributed by atoms with Crippen LogP contribution in [0.3, 0.4) is 0 Å². The van der Waals surface area contributed by atoms with Crippen molar-refractivity contribution in [3.05, 3.63) is 12.2 Å². The highest BCUT2D eigenvalue weighted by molar-refractivity contribution is 4.81. The van der Waals surface area contributed by atoms with Crippen LogP contribution >= 0.6 is 0 Å². The lowest BCUT2D eigenvalue weighted by molar-refractivity contribution is -0.0701. The standard InChI is InChI=1S/C19H36O3/c1-2-3-4-5-6-7-8-9-10-11-12-13-14-15-19-21-17-18(16-20)22-19/h7-8,18-20H,2-6,9-17H2,1H3/b8-7+/t18-,19-/m0/s1. The van der Waals surface area contributed by atoms with E-state index in [1.165, 1.54) is 64.2 Å². The van der Waals surface area contributed by atoms with Crippen LogP contribution in [0.15, 0.2) is 12.2 Å². The number of ether oxygens (including phenoxy) is 2. The number of allylic oxidation sites excluding steroid dienone is 2. The van der Waals surface area contributed by atoms with E-state index < -0.39 is 0 Å². The molecule has 0 bridgehead atoms. The van der Waals surface area contributed by atoms with Gasteiger partial charge in [-0.25, -0.2) is 0 Å². The normalized spacial score (nSPS) is 21.9. The lowest BCUT2D eigenvalue weighted by atomic mass is 10.1. The molecule has 1 rings (SSSR count). The molecule has 2 atom stereocenters. The zero-order valence-corrected chi connectivity index (χ0v) is 14.5. The molecular formula is C19H36O3. The van der Waals surface area contributed by atoms with Gasteiger partial charge in [0.05, 0.1) is 13.2 Å². The number of unbranched alkanes of at least 4 members (excludes halogenated alkanes) is 9. The second kappa shape index (κ2) is 14.2. The third-order valence-corrected chi connectivity index (χ3v) is 4.22. The molecule has 0 radical (unpaired) electrons. The first kappa shape index (κ1) is 19.7. The van der Waals surface area contributed by atoms with Crippen molar-refractivity contribution >= 4 is 0 Å². The van der Waals surface area contributed by atoms with Gasteiger partial charge >= 0.3 is 0 Å². The second-order valence-corrected chi connectivity index (χ2v) is 6.37. The monoisotopic (exact) mass is 312 g/mol. The topological polar surface area (TPSA) is 38.7 Å². The molecule has 1 aliphatic heterocycles. The van der Waals surface area contributed by atoms with E-state index in [9.17, 15) is 0 Å². The molecule has 1 heterocycles. The highest BCUT2D eigenvalue weighted by Crippen LogP contribution is 2.18. The Bertz CT molecular complexity index is 265. The minimum Gasteiger partial charge on any atom is -0.394 e. The molecule has 0 aromatic carbocycles. The Morgan fingerprint density at radius 1 is 0.909 bits per heavy atom. The van der Waals surface area contributed by atoms with Gasteiger partial charge in [0.2, 0.25) is 0 Å². The summed E-state index contributed by atoms with van der Waals surface area (Å²) in [6.45, 7) is 2.88. The van der Waals surface area contributed by atoms with Gasteiger partial charge in [0.25, 0.3) is 0 Å². The summed E-state index contributed by atoms with van der Waals surface area (Å²) in [6, 6.07) is 0. The number of aliphatic hydroxyl groups excluding tert-OH is 1. The van der Waals surface area contributed by atoms with Crippen LogP contribution in [0.1, 0.15) is 84.0 Å². The van der Waals surface area contributed by atoms with E-state index in [-0.39, 0.29) is 19.0 Å². The molecule has 0 saturated carbocycles. The van der Waals surface area contributed by atoms with Crippen LogP contribution in [0.2, 0.25) is 0 Å². The Hall–Kier alpha value is -0.380. The summed E-state index contributed by atoms with van der Waals surface area (Å²) in [5.41, 5.74) is 0. The average molecular weight is 312 g/mol. The van der Waals surface area contributed by atoms with Crippen LogP contribution in [-0.4, -0.2) is 30.7 Å². The van der Waals surface area contributed by atoms with E-state index in [0.29, 0.717) is 6.61 Å². The Morgan fingerprint density at radius 2 is 1.55 bits per heavy atom. The van der Waals surface area contributed by atoms with E-state index in [4.69, 9.17) is 14.6 Å². The minimum absolute atomic E-state index is 0.0720. The lowest BCUT2D eigenvalue weighted by Crippen LogP contribution is -2.16. The van der Waals surface area contributed by atoms with E-state index in [1.54, 1.807) is 0 Å². The average Bonchev–Trinajstić information content (AvgIpc) is 3.00. The third kappa shape index (κ3) is 10.4. The van der Waals surface area contributed by atoms with Crippen molar-refractivity contribution < 1.29 is 14.6 Å². The SMILES string of the molecule is CCCCCC/C=C/CCCCCCC[C@H]1OC[C@H](CO)O1. The maximum atomic E-state index is 8.96. The molecule has 0 unspecified atom stereocenters. The number of aliphatic hydroxyl groups is 1. The fourth-order valence-electron chi connectivity index (χ4n) is 2.78. The van der Waals surface area contributed by atoms with Crippen molar-refractivity contribution in [2.24, 2.45) is 0 Å². The Labute approximate surface area is 137 Å². The molecule has 0 aromatic rings. The van der Waals surface area contributed by atoms with Crippen LogP contribution in [-0.2, 0) is 9.47 Å². The highest BCUT2D eigenvalue weighted by atomic mass is 16.7. The zero-order valence-electron chi connectivity index (χ0n) is 14.5. The van der Waals surface area contributed by atoms with E-state index in [2.05, 4.69) is 19.1 Å². The molecule has 1 aliphatic rings. The van der Waals surface area contributed by atoms with Crippen molar-refractivity contribution in [3.8, 4) is 0 Å². The fourth-order valence-corrected chi connectivity index (χ4v) is 2.78. The van der Waals surface area contributed by atoms with E-state index in [1.807, 2.05) is 0 Å². The van der Waals surface area contributed by atoms with Gasteiger partial charge in [0, 0.05) is 0 Å². The molecule has 1 fully saturated rings. The van der Waals surface area contributed by atoms with Gasteiger partial charge in [0.1, 0.15) is 6.10 Å². The summed E-state index contributed by atoms with van der Waals surface area (Å²) in [5.74, 6) is 0. The first-order chi connectivity index (χ1) is 10.9. The Morgan fingerprint density at radius 3 is 2.18 bits per heavy atom. The lowest BCUT2D eigenvalue weighted by Gasteiger charge is -2.09.